The molecule has 1 N–H and O–H groups in total. The van der Waals surface area contributed by atoms with Crippen molar-refractivity contribution in [2.75, 3.05) is 13.7 Å². The molecule has 27 heavy (non-hydrogen) atoms. The maximum absolute atomic E-state index is 12.4. The summed E-state index contributed by atoms with van der Waals surface area (Å²) in [4.78, 5) is 12.4. The number of fused-ring (bicyclic) bond motifs is 1. The average molecular weight is 362 g/mol. The van der Waals surface area contributed by atoms with Gasteiger partial charge in [0.05, 0.1) is 36.0 Å². The number of methoxy groups -OCH3 is 1. The Morgan fingerprint density at radius 3 is 2.89 bits per heavy atom. The molecular weight excluding hydrogens is 340 g/mol. The number of ether oxygens (including phenoxy) is 1. The molecule has 138 valence electrons. The van der Waals surface area contributed by atoms with E-state index < -0.39 is 0 Å². The van der Waals surface area contributed by atoms with Crippen molar-refractivity contribution < 1.29 is 9.53 Å². The van der Waals surface area contributed by atoms with Crippen molar-refractivity contribution in [1.82, 2.24) is 15.1 Å². The second-order valence-electron chi connectivity index (χ2n) is 6.62. The normalized spacial score (nSPS) is 11.9. The third-order valence-corrected chi connectivity index (χ3v) is 4.38. The Bertz CT molecular complexity index is 1020. The fourth-order valence-corrected chi connectivity index (χ4v) is 3.11. The fourth-order valence-electron chi connectivity index (χ4n) is 3.11. The molecule has 0 aliphatic rings. The molecule has 0 spiro atoms. The lowest BCUT2D eigenvalue weighted by Gasteiger charge is -2.12. The number of carbonyl (C=O) groups is 1. The van der Waals surface area contributed by atoms with Crippen LogP contribution >= 0.6 is 0 Å². The first-order valence-corrected chi connectivity index (χ1v) is 8.78. The van der Waals surface area contributed by atoms with Crippen LogP contribution in [0.5, 0.6) is 0 Å². The van der Waals surface area contributed by atoms with E-state index in [1.807, 2.05) is 48.9 Å². The molecule has 0 fully saturated rings. The number of rotatable bonds is 6. The molecule has 3 aromatic rings. The molecule has 0 aliphatic carbocycles. The summed E-state index contributed by atoms with van der Waals surface area (Å²) in [5, 5.41) is 17.5. The molecule has 1 atom stereocenters. The fraction of sp³-hybridized carbons (Fsp3) is 0.286. The van der Waals surface area contributed by atoms with E-state index in [0.717, 1.165) is 22.2 Å². The highest BCUT2D eigenvalue weighted by Gasteiger charge is 2.14. The van der Waals surface area contributed by atoms with Gasteiger partial charge in [-0.3, -0.25) is 9.48 Å². The summed E-state index contributed by atoms with van der Waals surface area (Å²) in [5.74, 6) is -0.129. The number of nitrogens with one attached hydrogen (secondary N) is 1. The van der Waals surface area contributed by atoms with Crippen molar-refractivity contribution >= 4 is 16.8 Å². The first kappa shape index (κ1) is 18.6. The zero-order valence-electron chi connectivity index (χ0n) is 15.7. The quantitative estimate of drug-likeness (QED) is 0.731. The van der Waals surface area contributed by atoms with Crippen LogP contribution in [0.3, 0.4) is 0 Å². The van der Waals surface area contributed by atoms with Crippen LogP contribution in [0.4, 0.5) is 0 Å². The van der Waals surface area contributed by atoms with Crippen LogP contribution in [0, 0.1) is 18.3 Å². The lowest BCUT2D eigenvalue weighted by atomic mass is 10.1. The molecule has 0 saturated carbocycles. The highest BCUT2D eigenvalue weighted by molar-refractivity contribution is 5.98. The van der Waals surface area contributed by atoms with Gasteiger partial charge in [-0.05, 0) is 49.7 Å². The van der Waals surface area contributed by atoms with Crippen molar-refractivity contribution in [2.45, 2.75) is 26.4 Å². The van der Waals surface area contributed by atoms with Gasteiger partial charge >= 0.3 is 0 Å². The van der Waals surface area contributed by atoms with Gasteiger partial charge in [-0.25, -0.2) is 0 Å². The third kappa shape index (κ3) is 4.15. The van der Waals surface area contributed by atoms with E-state index in [-0.39, 0.29) is 11.9 Å². The Hall–Kier alpha value is -3.17. The molecule has 1 aromatic heterocycles. The van der Waals surface area contributed by atoms with Gasteiger partial charge < -0.3 is 10.1 Å². The predicted octanol–water partition coefficient (Wildman–Crippen LogP) is 3.03. The van der Waals surface area contributed by atoms with Gasteiger partial charge in [0.2, 0.25) is 0 Å². The molecule has 0 bridgehead atoms. The standard InChI is InChI=1S/C21H22N4O2/c1-14(13-27-3)23-21(26)18-7-8-20-19(10-18)15(2)24-25(20)12-17-6-4-5-16(9-17)11-22/h4-10,14H,12-13H2,1-3H3,(H,23,26)/t14-/m0/s1. The van der Waals surface area contributed by atoms with Crippen molar-refractivity contribution in [2.24, 2.45) is 0 Å². The largest absolute Gasteiger partial charge is 0.383 e. The topological polar surface area (TPSA) is 79.9 Å². The van der Waals surface area contributed by atoms with Crippen LogP contribution < -0.4 is 5.32 Å². The number of nitrogens with zero attached hydrogens (tertiary/aromatic N) is 3. The van der Waals surface area contributed by atoms with Crippen LogP contribution in [-0.4, -0.2) is 35.4 Å². The molecule has 0 saturated heterocycles. The lowest BCUT2D eigenvalue weighted by Crippen LogP contribution is -2.35. The van der Waals surface area contributed by atoms with E-state index in [1.165, 1.54) is 0 Å². The Balaban J connectivity index is 1.87. The molecule has 0 unspecified atom stereocenters. The van der Waals surface area contributed by atoms with Gasteiger partial charge in [-0.15, -0.1) is 0 Å². The number of carbonyl (C=O) groups excluding carboxylic acids is 1. The number of hydrogen-bond acceptors (Lipinski definition) is 4. The van der Waals surface area contributed by atoms with Crippen LogP contribution in [-0.2, 0) is 11.3 Å². The molecule has 2 aromatic carbocycles. The Morgan fingerprint density at radius 1 is 1.33 bits per heavy atom. The summed E-state index contributed by atoms with van der Waals surface area (Å²) < 4.78 is 6.96. The summed E-state index contributed by atoms with van der Waals surface area (Å²) in [6.45, 7) is 4.86. The molecular formula is C21H22N4O2. The smallest absolute Gasteiger partial charge is 0.251 e. The second kappa shape index (κ2) is 8.02. The molecule has 0 radical (unpaired) electrons. The van der Waals surface area contributed by atoms with E-state index in [2.05, 4.69) is 16.5 Å². The van der Waals surface area contributed by atoms with Crippen molar-refractivity contribution in [3.8, 4) is 6.07 Å². The Morgan fingerprint density at radius 2 is 2.15 bits per heavy atom. The molecule has 1 heterocycles. The van der Waals surface area contributed by atoms with E-state index in [4.69, 9.17) is 10.00 Å². The SMILES string of the molecule is COC[C@H](C)NC(=O)c1ccc2c(c1)c(C)nn2Cc1cccc(C#N)c1. The van der Waals surface area contributed by atoms with Gasteiger partial charge in [0.1, 0.15) is 0 Å². The molecule has 6 heteroatoms. The summed E-state index contributed by atoms with van der Waals surface area (Å²) in [7, 11) is 1.61. The van der Waals surface area contributed by atoms with E-state index in [9.17, 15) is 4.79 Å². The minimum absolute atomic E-state index is 0.0607. The first-order valence-electron chi connectivity index (χ1n) is 8.78. The molecule has 1 amide bonds. The lowest BCUT2D eigenvalue weighted by molar-refractivity contribution is 0.0905. The number of nitriles is 1. The number of benzene rings is 2. The highest BCUT2D eigenvalue weighted by atomic mass is 16.5. The summed E-state index contributed by atoms with van der Waals surface area (Å²) in [5.41, 5.74) is 4.05. The van der Waals surface area contributed by atoms with Crippen molar-refractivity contribution in [3.63, 3.8) is 0 Å². The Kier molecular flexibility index (Phi) is 5.53. The predicted molar refractivity (Wildman–Crippen MR) is 104 cm³/mol. The monoisotopic (exact) mass is 362 g/mol. The second-order valence-corrected chi connectivity index (χ2v) is 6.62. The Labute approximate surface area is 158 Å². The van der Waals surface area contributed by atoms with E-state index in [1.54, 1.807) is 19.2 Å². The third-order valence-electron chi connectivity index (χ3n) is 4.38. The van der Waals surface area contributed by atoms with Crippen LogP contribution in [0.15, 0.2) is 42.5 Å². The summed E-state index contributed by atoms with van der Waals surface area (Å²) in [6, 6.07) is 15.2. The number of hydrogen-bond donors (Lipinski definition) is 1. The number of amides is 1. The van der Waals surface area contributed by atoms with Gasteiger partial charge in [0.25, 0.3) is 5.91 Å². The summed E-state index contributed by atoms with van der Waals surface area (Å²) in [6.07, 6.45) is 0. The van der Waals surface area contributed by atoms with Crippen molar-refractivity contribution in [1.29, 1.82) is 5.26 Å². The van der Waals surface area contributed by atoms with Gasteiger partial charge in [-0.2, -0.15) is 10.4 Å². The van der Waals surface area contributed by atoms with Crippen molar-refractivity contribution in [3.05, 3.63) is 64.8 Å². The number of aryl methyl sites for hydroxylation is 1. The molecule has 3 rings (SSSR count). The summed E-state index contributed by atoms with van der Waals surface area (Å²) >= 11 is 0. The zero-order chi connectivity index (χ0) is 19.4. The minimum Gasteiger partial charge on any atom is -0.383 e. The number of aromatic nitrogens is 2. The average Bonchev–Trinajstić information content (AvgIpc) is 2.97. The van der Waals surface area contributed by atoms with Crippen LogP contribution in [0.25, 0.3) is 10.9 Å². The minimum atomic E-state index is -0.129. The van der Waals surface area contributed by atoms with Gasteiger partial charge in [0, 0.05) is 24.1 Å². The van der Waals surface area contributed by atoms with E-state index >= 15 is 0 Å². The van der Waals surface area contributed by atoms with Gasteiger partial charge in [0.15, 0.2) is 0 Å². The highest BCUT2D eigenvalue weighted by Crippen LogP contribution is 2.21. The maximum atomic E-state index is 12.4. The van der Waals surface area contributed by atoms with Crippen LogP contribution in [0.1, 0.15) is 34.1 Å². The van der Waals surface area contributed by atoms with E-state index in [0.29, 0.717) is 24.3 Å². The molecule has 6 nitrogen and oxygen atoms in total. The zero-order valence-corrected chi connectivity index (χ0v) is 15.7. The molecule has 0 aliphatic heterocycles. The van der Waals surface area contributed by atoms with Gasteiger partial charge in [-0.1, -0.05) is 12.1 Å². The first-order chi connectivity index (χ1) is 13.0. The van der Waals surface area contributed by atoms with Crippen LogP contribution in [0.2, 0.25) is 0 Å². The maximum Gasteiger partial charge on any atom is 0.251 e.